The maximum Gasteiger partial charge on any atom is 0.220 e. The Labute approximate surface area is 116 Å². The van der Waals surface area contributed by atoms with Crippen LogP contribution in [0.25, 0.3) is 0 Å². The molecule has 1 fully saturated rings. The Morgan fingerprint density at radius 2 is 2.50 bits per heavy atom. The first kappa shape index (κ1) is 13.8. The second-order valence-corrected chi connectivity index (χ2v) is 6.35. The molecule has 0 aromatic carbocycles. The molecule has 0 unspecified atom stereocenters. The summed E-state index contributed by atoms with van der Waals surface area (Å²) in [5.41, 5.74) is 0. The quantitative estimate of drug-likeness (QED) is 0.899. The van der Waals surface area contributed by atoms with Crippen molar-refractivity contribution in [2.75, 3.05) is 6.61 Å². The largest absolute Gasteiger partial charge is 0.378 e. The van der Waals surface area contributed by atoms with Crippen LogP contribution in [0.3, 0.4) is 0 Å². The van der Waals surface area contributed by atoms with Gasteiger partial charge in [-0.05, 0) is 38.3 Å². The molecule has 1 aromatic heterocycles. The van der Waals surface area contributed by atoms with Gasteiger partial charge in [-0.25, -0.2) is 0 Å². The van der Waals surface area contributed by atoms with Crippen molar-refractivity contribution in [2.45, 2.75) is 44.8 Å². The van der Waals surface area contributed by atoms with Gasteiger partial charge in [0.25, 0.3) is 0 Å². The molecule has 5 heteroatoms. The first-order chi connectivity index (χ1) is 8.65. The van der Waals surface area contributed by atoms with Gasteiger partial charge >= 0.3 is 0 Å². The minimum Gasteiger partial charge on any atom is -0.378 e. The van der Waals surface area contributed by atoms with Crippen molar-refractivity contribution in [3.63, 3.8) is 0 Å². The van der Waals surface area contributed by atoms with Crippen LogP contribution in [0.5, 0.6) is 0 Å². The maximum absolute atomic E-state index is 11.8. The molecular weight excluding hydrogens is 270 g/mol. The van der Waals surface area contributed by atoms with E-state index in [1.807, 2.05) is 19.1 Å². The number of nitrogens with one attached hydrogen (secondary N) is 1. The van der Waals surface area contributed by atoms with Crippen LogP contribution in [-0.4, -0.2) is 18.6 Å². The van der Waals surface area contributed by atoms with Crippen molar-refractivity contribution in [3.8, 4) is 0 Å². The molecule has 2 rings (SSSR count). The lowest BCUT2D eigenvalue weighted by atomic mass is 10.1. The number of halogens is 1. The van der Waals surface area contributed by atoms with E-state index < -0.39 is 0 Å². The van der Waals surface area contributed by atoms with Crippen LogP contribution < -0.4 is 5.32 Å². The SMILES string of the molecule is C[C@H](NC(=O)CC[C@@H]1CCCO1)c1ccc(Cl)s1. The highest BCUT2D eigenvalue weighted by Crippen LogP contribution is 2.26. The minimum absolute atomic E-state index is 0.0273. The molecule has 0 saturated carbocycles. The third-order valence-electron chi connectivity index (χ3n) is 3.12. The maximum atomic E-state index is 11.8. The molecule has 2 heterocycles. The van der Waals surface area contributed by atoms with E-state index in [9.17, 15) is 4.79 Å². The Morgan fingerprint density at radius 3 is 3.11 bits per heavy atom. The molecule has 1 N–H and O–H groups in total. The Morgan fingerprint density at radius 1 is 1.67 bits per heavy atom. The highest BCUT2D eigenvalue weighted by atomic mass is 35.5. The molecule has 0 spiro atoms. The zero-order valence-corrected chi connectivity index (χ0v) is 12.0. The van der Waals surface area contributed by atoms with Gasteiger partial charge in [0.1, 0.15) is 0 Å². The summed E-state index contributed by atoms with van der Waals surface area (Å²) >= 11 is 7.38. The third-order valence-corrected chi connectivity index (χ3v) is 4.53. The molecule has 3 nitrogen and oxygen atoms in total. The van der Waals surface area contributed by atoms with Crippen molar-refractivity contribution in [2.24, 2.45) is 0 Å². The normalized spacial score (nSPS) is 20.9. The summed E-state index contributed by atoms with van der Waals surface area (Å²) in [6.45, 7) is 2.82. The number of hydrogen-bond donors (Lipinski definition) is 1. The molecule has 1 saturated heterocycles. The summed E-state index contributed by atoms with van der Waals surface area (Å²) in [6, 6.07) is 3.84. The van der Waals surface area contributed by atoms with Gasteiger partial charge in [-0.2, -0.15) is 0 Å². The van der Waals surface area contributed by atoms with E-state index in [1.54, 1.807) is 0 Å². The van der Waals surface area contributed by atoms with E-state index in [0.717, 1.165) is 35.1 Å². The van der Waals surface area contributed by atoms with E-state index >= 15 is 0 Å². The highest BCUT2D eigenvalue weighted by molar-refractivity contribution is 7.16. The lowest BCUT2D eigenvalue weighted by Crippen LogP contribution is -2.26. The summed E-state index contributed by atoms with van der Waals surface area (Å²) in [5.74, 6) is 0.0857. The first-order valence-electron chi connectivity index (χ1n) is 6.31. The van der Waals surface area contributed by atoms with E-state index in [-0.39, 0.29) is 18.1 Å². The van der Waals surface area contributed by atoms with Crippen LogP contribution in [0.1, 0.15) is 43.5 Å². The van der Waals surface area contributed by atoms with Crippen LogP contribution in [0.2, 0.25) is 4.34 Å². The number of amides is 1. The molecule has 0 aliphatic carbocycles. The molecule has 1 aliphatic heterocycles. The number of thiophene rings is 1. The van der Waals surface area contributed by atoms with Gasteiger partial charge < -0.3 is 10.1 Å². The molecular formula is C13H18ClNO2S. The Balaban J connectivity index is 1.73. The molecule has 0 bridgehead atoms. The topological polar surface area (TPSA) is 38.3 Å². The summed E-state index contributed by atoms with van der Waals surface area (Å²) in [5, 5.41) is 2.99. The standard InChI is InChI=1S/C13H18ClNO2S/c1-9(11-5-6-12(14)18-11)15-13(16)7-4-10-3-2-8-17-10/h5-6,9-10H,2-4,7-8H2,1H3,(H,15,16)/t9-,10-/m0/s1. The molecule has 0 radical (unpaired) electrons. The van der Waals surface area contributed by atoms with Crippen molar-refractivity contribution in [1.29, 1.82) is 0 Å². The predicted molar refractivity (Wildman–Crippen MR) is 74.1 cm³/mol. The molecule has 1 amide bonds. The molecule has 100 valence electrons. The number of ether oxygens (including phenoxy) is 1. The van der Waals surface area contributed by atoms with Crippen molar-refractivity contribution >= 4 is 28.8 Å². The molecule has 1 aliphatic rings. The smallest absolute Gasteiger partial charge is 0.220 e. The third kappa shape index (κ3) is 3.97. The monoisotopic (exact) mass is 287 g/mol. The van der Waals surface area contributed by atoms with Gasteiger partial charge in [0.2, 0.25) is 5.91 Å². The van der Waals surface area contributed by atoms with Gasteiger partial charge in [-0.3, -0.25) is 4.79 Å². The van der Waals surface area contributed by atoms with Crippen molar-refractivity contribution in [1.82, 2.24) is 5.32 Å². The second-order valence-electron chi connectivity index (χ2n) is 4.60. The fraction of sp³-hybridized carbons (Fsp3) is 0.615. The fourth-order valence-electron chi connectivity index (χ4n) is 2.11. The predicted octanol–water partition coefficient (Wildman–Crippen LogP) is 3.54. The number of hydrogen-bond acceptors (Lipinski definition) is 3. The minimum atomic E-state index is 0.0273. The van der Waals surface area contributed by atoms with Gasteiger partial charge in [0.05, 0.1) is 16.5 Å². The Bertz CT molecular complexity index is 401. The van der Waals surface area contributed by atoms with E-state index in [0.29, 0.717) is 6.42 Å². The number of carbonyl (C=O) groups excluding carboxylic acids is 1. The highest BCUT2D eigenvalue weighted by Gasteiger charge is 2.18. The number of rotatable bonds is 5. The van der Waals surface area contributed by atoms with Crippen LogP contribution in [0, 0.1) is 0 Å². The first-order valence-corrected chi connectivity index (χ1v) is 7.51. The number of carbonyl (C=O) groups is 1. The molecule has 1 aromatic rings. The zero-order valence-electron chi connectivity index (χ0n) is 10.4. The van der Waals surface area contributed by atoms with E-state index in [1.165, 1.54) is 11.3 Å². The summed E-state index contributed by atoms with van der Waals surface area (Å²) < 4.78 is 6.26. The zero-order chi connectivity index (χ0) is 13.0. The Hall–Kier alpha value is -0.580. The van der Waals surface area contributed by atoms with Gasteiger partial charge in [-0.1, -0.05) is 11.6 Å². The summed E-state index contributed by atoms with van der Waals surface area (Å²) in [6.07, 6.45) is 3.85. The summed E-state index contributed by atoms with van der Waals surface area (Å²) in [4.78, 5) is 12.9. The van der Waals surface area contributed by atoms with Crippen molar-refractivity contribution in [3.05, 3.63) is 21.3 Å². The van der Waals surface area contributed by atoms with Crippen LogP contribution in [0.15, 0.2) is 12.1 Å². The molecule has 2 atom stereocenters. The molecule has 18 heavy (non-hydrogen) atoms. The second kappa shape index (κ2) is 6.55. The average Bonchev–Trinajstić information content (AvgIpc) is 2.97. The van der Waals surface area contributed by atoms with E-state index in [2.05, 4.69) is 5.32 Å². The Kier molecular flexibility index (Phi) is 5.03. The van der Waals surface area contributed by atoms with Crippen LogP contribution >= 0.6 is 22.9 Å². The lowest BCUT2D eigenvalue weighted by molar-refractivity contribution is -0.122. The van der Waals surface area contributed by atoms with Crippen LogP contribution in [-0.2, 0) is 9.53 Å². The summed E-state index contributed by atoms with van der Waals surface area (Å²) in [7, 11) is 0. The fourth-order valence-corrected chi connectivity index (χ4v) is 3.17. The van der Waals surface area contributed by atoms with Gasteiger partial charge in [-0.15, -0.1) is 11.3 Å². The van der Waals surface area contributed by atoms with Crippen LogP contribution in [0.4, 0.5) is 0 Å². The van der Waals surface area contributed by atoms with Gasteiger partial charge in [0, 0.05) is 17.9 Å². The average molecular weight is 288 g/mol. The lowest BCUT2D eigenvalue weighted by Gasteiger charge is -2.13. The van der Waals surface area contributed by atoms with Gasteiger partial charge in [0.15, 0.2) is 0 Å². The van der Waals surface area contributed by atoms with Crippen molar-refractivity contribution < 1.29 is 9.53 Å². The van der Waals surface area contributed by atoms with E-state index in [4.69, 9.17) is 16.3 Å².